The van der Waals surface area contributed by atoms with Crippen molar-refractivity contribution >= 4 is 107 Å². The molecule has 0 spiro atoms. The van der Waals surface area contributed by atoms with E-state index in [2.05, 4.69) is 34.2 Å². The summed E-state index contributed by atoms with van der Waals surface area (Å²) in [6, 6.07) is 110. The van der Waals surface area contributed by atoms with Gasteiger partial charge in [-0.15, -0.1) is 0 Å². The summed E-state index contributed by atoms with van der Waals surface area (Å²) in [5.74, 6) is -0.555. The molecule has 0 unspecified atom stereocenters. The number of carbonyl (C=O) groups is 8. The summed E-state index contributed by atoms with van der Waals surface area (Å²) in [6.07, 6.45) is 5.24. The summed E-state index contributed by atoms with van der Waals surface area (Å²) in [5, 5.41) is 5.95. The van der Waals surface area contributed by atoms with Crippen molar-refractivity contribution in [2.75, 3.05) is 28.9 Å². The number of rotatable bonds is 11. The van der Waals surface area contributed by atoms with Crippen LogP contribution in [0.4, 0.5) is 17.1 Å². The first-order chi connectivity index (χ1) is 60.3. The number of benzene rings is 15. The molecule has 0 aliphatic carbocycles. The zero-order valence-electron chi connectivity index (χ0n) is 65.9. The number of nitrogens with zero attached hydrogens (tertiary/aromatic N) is 9. The van der Waals surface area contributed by atoms with Gasteiger partial charge in [0.25, 0.3) is 47.3 Å². The van der Waals surface area contributed by atoms with Crippen LogP contribution in [0.2, 0.25) is 0 Å². The lowest BCUT2D eigenvalue weighted by molar-refractivity contribution is 0.0648. The molecule has 0 atom stereocenters. The Labute approximate surface area is 704 Å². The minimum absolute atomic E-state index is 0.283. The number of ether oxygens (including phenoxy) is 1. The lowest BCUT2D eigenvalue weighted by Crippen LogP contribution is -2.40. The van der Waals surface area contributed by atoms with Crippen molar-refractivity contribution in [1.82, 2.24) is 29.8 Å². The van der Waals surface area contributed by atoms with Gasteiger partial charge in [-0.1, -0.05) is 237 Å². The van der Waals surface area contributed by atoms with Crippen LogP contribution in [0.3, 0.4) is 0 Å². The average Bonchev–Trinajstić information content (AvgIpc) is 0.754. The number of carbonyl (C=O) groups excluding carboxylic acids is 8. The van der Waals surface area contributed by atoms with Gasteiger partial charge in [-0.2, -0.15) is 0 Å². The highest BCUT2D eigenvalue weighted by atomic mass is 16.5. The fraction of sp³-hybridized carbons (Fsp3) is 0.0190. The lowest BCUT2D eigenvalue weighted by Gasteiger charge is -2.27. The maximum Gasteiger partial charge on any atom is 0.265 e. The van der Waals surface area contributed by atoms with Crippen LogP contribution in [0.15, 0.2) is 370 Å². The van der Waals surface area contributed by atoms with Crippen molar-refractivity contribution in [2.45, 2.75) is 0 Å². The molecule has 4 aliphatic rings. The van der Waals surface area contributed by atoms with Crippen LogP contribution in [0.25, 0.3) is 122 Å². The predicted molar refractivity (Wildman–Crippen MR) is 479 cm³/mol. The van der Waals surface area contributed by atoms with Gasteiger partial charge in [0.05, 0.1) is 29.9 Å². The first kappa shape index (κ1) is 76.0. The number of amides is 8. The summed E-state index contributed by atoms with van der Waals surface area (Å²) >= 11 is 0. The maximum absolute atomic E-state index is 13.2. The standard InChI is InChI=1S/C35H24N4O3.C24H15NO2.2C23H14N2O2/c1-39-34(40)26-18-17-25(30-28(42-2)20-19-27(29(26)30)35(39)41)33-37-31(23-11-7-4-8-12-23)36-32(38-33)24-15-13-22(14-16-24)21-9-5-3-6-10-21;26-23-20-13-7-12-19-18(16-8-3-1-4-9-16)14-15-21(22(19)20)24(27)25(23)17-10-5-2-6-11-17;26-22-19-10-4-9-18-17(15-6-5-13-24-14-15)11-12-20(21(18)19)23(27)25(22)16-7-2-1-3-8-16;26-22-18-10-6-9-17-16(20-11-4-5-14-24-20)12-13-19(21(17)18)23(27)25(22)15-7-2-1-3-8-15/h3-20H,1-2H3;1-15H;2*1-14H. The zero-order valence-corrected chi connectivity index (χ0v) is 65.9. The molecule has 18 nitrogen and oxygen atoms in total. The molecule has 18 aromatic rings. The molecule has 586 valence electrons. The van der Waals surface area contributed by atoms with Crippen LogP contribution in [-0.4, -0.2) is 91.2 Å². The predicted octanol–water partition coefficient (Wildman–Crippen LogP) is 21.6. The second kappa shape index (κ2) is 32.1. The fourth-order valence-corrected chi connectivity index (χ4v) is 16.5. The minimum Gasteiger partial charge on any atom is -0.496 e. The fourth-order valence-electron chi connectivity index (χ4n) is 16.5. The Balaban J connectivity index is 0.000000110. The summed E-state index contributed by atoms with van der Waals surface area (Å²) in [4.78, 5) is 133. The second-order valence-electron chi connectivity index (χ2n) is 29.3. The Hall–Kier alpha value is -17.0. The zero-order chi connectivity index (χ0) is 83.9. The van der Waals surface area contributed by atoms with Gasteiger partial charge in [-0.25, -0.2) is 29.7 Å². The van der Waals surface area contributed by atoms with Crippen LogP contribution in [0.1, 0.15) is 82.9 Å². The molecule has 18 heteroatoms. The first-order valence-corrected chi connectivity index (χ1v) is 39.6. The van der Waals surface area contributed by atoms with Gasteiger partial charge >= 0.3 is 0 Å². The Morgan fingerprint density at radius 2 is 0.569 bits per heavy atom. The molecule has 0 saturated carbocycles. The van der Waals surface area contributed by atoms with Gasteiger partial charge in [0.15, 0.2) is 17.5 Å². The van der Waals surface area contributed by atoms with E-state index in [4.69, 9.17) is 19.7 Å². The van der Waals surface area contributed by atoms with Gasteiger partial charge in [-0.3, -0.25) is 53.2 Å². The number of methoxy groups -OCH3 is 1. The summed E-state index contributed by atoms with van der Waals surface area (Å²) in [6.45, 7) is 0. The van der Waals surface area contributed by atoms with Gasteiger partial charge in [0.1, 0.15) is 5.75 Å². The molecular weight excluding hydrogens is 1530 g/mol. The van der Waals surface area contributed by atoms with E-state index >= 15 is 0 Å². The van der Waals surface area contributed by atoms with Gasteiger partial charge < -0.3 is 4.74 Å². The van der Waals surface area contributed by atoms with E-state index in [1.807, 2.05) is 243 Å². The molecule has 7 heterocycles. The van der Waals surface area contributed by atoms with E-state index in [-0.39, 0.29) is 47.3 Å². The third-order valence-electron chi connectivity index (χ3n) is 22.3. The Morgan fingerprint density at radius 1 is 0.236 bits per heavy atom. The molecule has 22 rings (SSSR count). The lowest BCUT2D eigenvalue weighted by atomic mass is 9.89. The average molecular weight is 1600 g/mol. The number of hydrogen-bond donors (Lipinski definition) is 0. The molecule has 0 N–H and O–H groups in total. The van der Waals surface area contributed by atoms with E-state index in [1.54, 1.807) is 111 Å². The highest BCUT2D eigenvalue weighted by Gasteiger charge is 2.39. The van der Waals surface area contributed by atoms with Gasteiger partial charge in [0, 0.05) is 125 Å². The van der Waals surface area contributed by atoms with E-state index in [0.29, 0.717) is 112 Å². The van der Waals surface area contributed by atoms with E-state index in [1.165, 1.54) is 21.7 Å². The van der Waals surface area contributed by atoms with Crippen LogP contribution in [0.5, 0.6) is 5.75 Å². The van der Waals surface area contributed by atoms with Crippen molar-refractivity contribution in [2.24, 2.45) is 0 Å². The Morgan fingerprint density at radius 3 is 1.00 bits per heavy atom. The minimum atomic E-state index is -0.364. The highest BCUT2D eigenvalue weighted by Crippen LogP contribution is 2.45. The largest absolute Gasteiger partial charge is 0.496 e. The monoisotopic (exact) mass is 1600 g/mol. The molecule has 0 saturated heterocycles. The second-order valence-corrected chi connectivity index (χ2v) is 29.3. The SMILES string of the molecule is COc1ccc2c3c(ccc(-c4nc(-c5ccccc5)nc(-c5ccc(-c6ccccc6)cc5)n4)c13)C(=O)N(C)C2=O.O=C1c2cccc3c(-c4ccccc4)ccc(c23)C(=O)N1c1ccccc1.O=C1c2cccc3c(-c4ccccn4)ccc(c23)C(=O)N1c1ccccc1.O=C1c2cccc3c(-c4cccnc4)ccc(c23)C(=O)N1c1ccccc1. The third kappa shape index (κ3) is 13.6. The van der Waals surface area contributed by atoms with E-state index in [0.717, 1.165) is 82.2 Å². The number of anilines is 3. The van der Waals surface area contributed by atoms with Crippen molar-refractivity contribution < 1.29 is 43.1 Å². The normalized spacial score (nSPS) is 13.0. The van der Waals surface area contributed by atoms with Crippen LogP contribution in [-0.2, 0) is 0 Å². The van der Waals surface area contributed by atoms with Gasteiger partial charge in [0.2, 0.25) is 0 Å². The third-order valence-corrected chi connectivity index (χ3v) is 22.3. The molecule has 3 aromatic heterocycles. The molecular formula is C105H67N9O9. The Kier molecular flexibility index (Phi) is 19.9. The summed E-state index contributed by atoms with van der Waals surface area (Å²) in [7, 11) is 3.06. The van der Waals surface area contributed by atoms with Crippen LogP contribution in [0, 0.1) is 0 Å². The number of para-hydroxylation sites is 3. The number of imide groups is 4. The molecule has 4 aliphatic heterocycles. The van der Waals surface area contributed by atoms with Crippen LogP contribution < -0.4 is 19.4 Å². The van der Waals surface area contributed by atoms with Crippen LogP contribution >= 0.6 is 0 Å². The maximum atomic E-state index is 13.2. The molecule has 0 fully saturated rings. The van der Waals surface area contributed by atoms with E-state index in [9.17, 15) is 38.4 Å². The summed E-state index contributed by atoms with van der Waals surface area (Å²) < 4.78 is 5.74. The molecule has 15 aromatic carbocycles. The molecule has 123 heavy (non-hydrogen) atoms. The highest BCUT2D eigenvalue weighted by molar-refractivity contribution is 6.39. The Bertz CT molecular complexity index is 6790. The van der Waals surface area contributed by atoms with Crippen molar-refractivity contribution in [3.8, 4) is 84.6 Å². The van der Waals surface area contributed by atoms with Gasteiger partial charge in [-0.05, 0) is 159 Å². The number of hydrogen-bond acceptors (Lipinski definition) is 14. The van der Waals surface area contributed by atoms with Crippen molar-refractivity contribution in [1.29, 1.82) is 0 Å². The topological polar surface area (TPSA) is 223 Å². The van der Waals surface area contributed by atoms with E-state index < -0.39 is 0 Å². The van der Waals surface area contributed by atoms with Crippen molar-refractivity contribution in [3.05, 3.63) is 415 Å². The molecule has 0 bridgehead atoms. The quantitative estimate of drug-likeness (QED) is 0.110. The number of aromatic nitrogens is 5. The van der Waals surface area contributed by atoms with Crippen molar-refractivity contribution in [3.63, 3.8) is 0 Å². The molecule has 0 radical (unpaired) electrons. The smallest absolute Gasteiger partial charge is 0.265 e. The molecule has 8 amide bonds. The summed E-state index contributed by atoms with van der Waals surface area (Å²) in [5.41, 5.74) is 16.1. The first-order valence-electron chi connectivity index (χ1n) is 39.6. The number of pyridine rings is 2.